The minimum atomic E-state index is 0.144. The summed E-state index contributed by atoms with van der Waals surface area (Å²) in [5.74, 6) is 3.15. The van der Waals surface area contributed by atoms with Gasteiger partial charge in [-0.25, -0.2) is 0 Å². The second-order valence-electron chi connectivity index (χ2n) is 16.9. The molecule has 4 unspecified atom stereocenters. The van der Waals surface area contributed by atoms with Crippen molar-refractivity contribution in [2.24, 2.45) is 23.7 Å². The fraction of sp³-hybridized carbons (Fsp3) is 0.708. The molecule has 2 heterocycles. The zero-order chi connectivity index (χ0) is 35.7. The summed E-state index contributed by atoms with van der Waals surface area (Å²) in [6.07, 6.45) is 26.7. The molecular formula is C48H74S2. The fourth-order valence-electron chi connectivity index (χ4n) is 10.6. The Bertz CT molecular complexity index is 1310. The number of unbranched alkanes of at least 4 members (excludes halogenated alkanes) is 4. The Labute approximate surface area is 317 Å². The summed E-state index contributed by atoms with van der Waals surface area (Å²) in [7, 11) is 0. The van der Waals surface area contributed by atoms with E-state index >= 15 is 0 Å². The van der Waals surface area contributed by atoms with Crippen molar-refractivity contribution >= 4 is 22.7 Å². The Morgan fingerprint density at radius 3 is 1.00 bits per heavy atom. The summed E-state index contributed by atoms with van der Waals surface area (Å²) in [6, 6.07) is 10.9. The zero-order valence-electron chi connectivity index (χ0n) is 33.7. The van der Waals surface area contributed by atoms with E-state index in [1.165, 1.54) is 128 Å². The second kappa shape index (κ2) is 18.6. The van der Waals surface area contributed by atoms with Crippen molar-refractivity contribution in [3.63, 3.8) is 0 Å². The Morgan fingerprint density at radius 1 is 0.440 bits per heavy atom. The molecule has 5 rings (SSSR count). The summed E-state index contributed by atoms with van der Waals surface area (Å²) >= 11 is 4.11. The van der Waals surface area contributed by atoms with Gasteiger partial charge in [0.05, 0.1) is 0 Å². The third kappa shape index (κ3) is 7.93. The van der Waals surface area contributed by atoms with E-state index in [-0.39, 0.29) is 10.8 Å². The van der Waals surface area contributed by atoms with Gasteiger partial charge in [-0.2, -0.15) is 0 Å². The minimum absolute atomic E-state index is 0.144. The summed E-state index contributed by atoms with van der Waals surface area (Å²) in [5.41, 5.74) is 10.4. The highest BCUT2D eigenvalue weighted by atomic mass is 32.1. The molecule has 0 saturated heterocycles. The molecule has 3 aromatic rings. The van der Waals surface area contributed by atoms with Crippen molar-refractivity contribution in [1.82, 2.24) is 0 Å². The lowest BCUT2D eigenvalue weighted by Crippen LogP contribution is -2.32. The van der Waals surface area contributed by atoms with E-state index in [1.807, 2.05) is 0 Å². The van der Waals surface area contributed by atoms with Gasteiger partial charge in [0.2, 0.25) is 0 Å². The van der Waals surface area contributed by atoms with E-state index in [0.29, 0.717) is 0 Å². The van der Waals surface area contributed by atoms with Crippen LogP contribution < -0.4 is 0 Å². The molecule has 0 fully saturated rings. The van der Waals surface area contributed by atoms with Crippen molar-refractivity contribution in [3.8, 4) is 20.9 Å². The van der Waals surface area contributed by atoms with E-state index in [0.717, 1.165) is 23.7 Å². The average Bonchev–Trinajstić information content (AvgIpc) is 3.92. The Hall–Kier alpha value is -1.38. The molecule has 278 valence electrons. The first-order valence-electron chi connectivity index (χ1n) is 21.7. The third-order valence-corrected chi connectivity index (χ3v) is 15.7. The molecule has 1 aromatic carbocycles. The highest BCUT2D eigenvalue weighted by Gasteiger charge is 2.51. The first-order valence-corrected chi connectivity index (χ1v) is 23.5. The third-order valence-electron chi connectivity index (χ3n) is 13.8. The van der Waals surface area contributed by atoms with Gasteiger partial charge in [-0.15, -0.1) is 22.7 Å². The first kappa shape index (κ1) is 39.8. The van der Waals surface area contributed by atoms with E-state index in [1.54, 1.807) is 43.1 Å². The van der Waals surface area contributed by atoms with Crippen LogP contribution in [0.3, 0.4) is 0 Å². The van der Waals surface area contributed by atoms with Gasteiger partial charge < -0.3 is 0 Å². The molecule has 50 heavy (non-hydrogen) atoms. The lowest BCUT2D eigenvalue weighted by molar-refractivity contribution is 0.264. The number of fused-ring (bicyclic) bond motifs is 6. The lowest BCUT2D eigenvalue weighted by Gasteiger charge is -2.39. The van der Waals surface area contributed by atoms with Crippen molar-refractivity contribution in [3.05, 3.63) is 57.3 Å². The molecule has 2 aromatic heterocycles. The Morgan fingerprint density at radius 2 is 0.740 bits per heavy atom. The largest absolute Gasteiger partial charge is 0.143 e. The van der Waals surface area contributed by atoms with Crippen LogP contribution in [0.25, 0.3) is 20.9 Å². The molecule has 2 heteroatoms. The minimum Gasteiger partial charge on any atom is -0.143 e. The number of hydrogen-bond donors (Lipinski definition) is 0. The molecular weight excluding hydrogens is 641 g/mol. The number of thiophene rings is 2. The maximum atomic E-state index is 2.84. The summed E-state index contributed by atoms with van der Waals surface area (Å²) in [5, 5.41) is 4.91. The van der Waals surface area contributed by atoms with Gasteiger partial charge in [0, 0.05) is 20.6 Å². The molecule has 2 aliphatic carbocycles. The Balaban J connectivity index is 1.73. The fourth-order valence-corrected chi connectivity index (χ4v) is 12.7. The normalized spacial score (nSPS) is 21.4. The standard InChI is InChI=1S/C48H74S2/c1-9-17-21-35(13-5)31-47(32-36(14-6)22-18-10-2)41-25-27-49-45(41)39-30-44-40(29-43(39)47)46-42(26-28-50-46)48(44,33-37(15-7)23-19-11-3)34-38(16-8)24-20-12-4/h25-30,35-38H,9-24,31-34H2,1-8H3. The highest BCUT2D eigenvalue weighted by Crippen LogP contribution is 2.64. The molecule has 0 saturated carbocycles. The van der Waals surface area contributed by atoms with Crippen LogP contribution in [0.15, 0.2) is 35.0 Å². The van der Waals surface area contributed by atoms with E-state index < -0.39 is 0 Å². The lowest BCUT2D eigenvalue weighted by atomic mass is 9.64. The van der Waals surface area contributed by atoms with Crippen molar-refractivity contribution in [2.75, 3.05) is 0 Å². The van der Waals surface area contributed by atoms with Gasteiger partial charge in [0.15, 0.2) is 0 Å². The zero-order valence-corrected chi connectivity index (χ0v) is 35.4. The molecule has 0 spiro atoms. The van der Waals surface area contributed by atoms with Crippen molar-refractivity contribution in [1.29, 1.82) is 0 Å². The van der Waals surface area contributed by atoms with Gasteiger partial charge in [-0.3, -0.25) is 0 Å². The Kier molecular flexibility index (Phi) is 14.8. The number of rotatable bonds is 24. The molecule has 0 bridgehead atoms. The average molecular weight is 715 g/mol. The van der Waals surface area contributed by atoms with Crippen molar-refractivity contribution in [2.45, 2.75) is 195 Å². The molecule has 0 aliphatic heterocycles. The first-order chi connectivity index (χ1) is 24.4. The van der Waals surface area contributed by atoms with Crippen LogP contribution in [0, 0.1) is 23.7 Å². The predicted octanol–water partition coefficient (Wildman–Crippen LogP) is 16.8. The molecule has 4 atom stereocenters. The van der Waals surface area contributed by atoms with Crippen molar-refractivity contribution < 1.29 is 0 Å². The number of benzene rings is 1. The van der Waals surface area contributed by atoms with Gasteiger partial charge >= 0.3 is 0 Å². The van der Waals surface area contributed by atoms with Gasteiger partial charge in [0.25, 0.3) is 0 Å². The van der Waals surface area contributed by atoms with Crippen LogP contribution in [-0.2, 0) is 10.8 Å². The van der Waals surface area contributed by atoms with Crippen LogP contribution in [0.1, 0.15) is 206 Å². The second-order valence-corrected chi connectivity index (χ2v) is 18.7. The number of hydrogen-bond acceptors (Lipinski definition) is 2. The van der Waals surface area contributed by atoms with E-state index in [2.05, 4.69) is 113 Å². The molecule has 0 nitrogen and oxygen atoms in total. The SMILES string of the molecule is CCCCC(CC)CC1(CC(CC)CCCC)c2cc3c(cc2-c2sccc21)C(CC(CC)CCCC)(CC(CC)CCCC)c1ccsc1-3. The molecule has 0 amide bonds. The van der Waals surface area contributed by atoms with Crippen LogP contribution in [0.5, 0.6) is 0 Å². The van der Waals surface area contributed by atoms with Crippen LogP contribution in [0.2, 0.25) is 0 Å². The van der Waals surface area contributed by atoms with E-state index in [4.69, 9.17) is 0 Å². The maximum Gasteiger partial charge on any atom is 0.0387 e. The summed E-state index contributed by atoms with van der Waals surface area (Å²) in [4.78, 5) is 3.25. The smallest absolute Gasteiger partial charge is 0.0387 e. The highest BCUT2D eigenvalue weighted by molar-refractivity contribution is 7.14. The maximum absolute atomic E-state index is 2.84. The van der Waals surface area contributed by atoms with Gasteiger partial charge in [0.1, 0.15) is 0 Å². The summed E-state index contributed by atoms with van der Waals surface area (Å²) in [6.45, 7) is 19.4. The quantitative estimate of drug-likeness (QED) is 0.0866. The van der Waals surface area contributed by atoms with Crippen LogP contribution in [-0.4, -0.2) is 0 Å². The molecule has 2 aliphatic rings. The monoisotopic (exact) mass is 715 g/mol. The van der Waals surface area contributed by atoms with E-state index in [9.17, 15) is 0 Å². The topological polar surface area (TPSA) is 0 Å². The van der Waals surface area contributed by atoms with Crippen LogP contribution in [0.4, 0.5) is 0 Å². The predicted molar refractivity (Wildman–Crippen MR) is 226 cm³/mol. The van der Waals surface area contributed by atoms with Gasteiger partial charge in [-0.1, -0.05) is 158 Å². The molecule has 0 radical (unpaired) electrons. The molecule has 0 N–H and O–H groups in total. The summed E-state index contributed by atoms with van der Waals surface area (Å²) < 4.78 is 0. The van der Waals surface area contributed by atoms with Gasteiger partial charge in [-0.05, 0) is 118 Å². The van der Waals surface area contributed by atoms with Crippen LogP contribution >= 0.6 is 22.7 Å².